The molecule has 0 bridgehead atoms. The van der Waals surface area contributed by atoms with Crippen molar-refractivity contribution in [2.45, 2.75) is 27.7 Å². The summed E-state index contributed by atoms with van der Waals surface area (Å²) < 4.78 is 0. The van der Waals surface area contributed by atoms with E-state index in [2.05, 4.69) is 5.32 Å². The van der Waals surface area contributed by atoms with Gasteiger partial charge in [0.15, 0.2) is 0 Å². The van der Waals surface area contributed by atoms with Crippen molar-refractivity contribution in [2.75, 3.05) is 10.2 Å². The number of benzene rings is 2. The predicted molar refractivity (Wildman–Crippen MR) is 101 cm³/mol. The van der Waals surface area contributed by atoms with Gasteiger partial charge in [-0.3, -0.25) is 9.59 Å². The largest absolute Gasteiger partial charge is 0.349 e. The van der Waals surface area contributed by atoms with Crippen LogP contribution >= 0.6 is 11.6 Å². The first-order valence-corrected chi connectivity index (χ1v) is 8.38. The fraction of sp³-hybridized carbons (Fsp3) is 0.200. The number of halogens is 1. The summed E-state index contributed by atoms with van der Waals surface area (Å²) in [6.45, 7) is 7.76. The Bertz CT molecular complexity index is 931. The first kappa shape index (κ1) is 17.2. The average molecular weight is 355 g/mol. The van der Waals surface area contributed by atoms with E-state index in [0.717, 1.165) is 32.8 Å². The van der Waals surface area contributed by atoms with Gasteiger partial charge in [0, 0.05) is 5.69 Å². The predicted octanol–water partition coefficient (Wildman–Crippen LogP) is 4.36. The van der Waals surface area contributed by atoms with Crippen LogP contribution in [-0.2, 0) is 9.59 Å². The van der Waals surface area contributed by atoms with Gasteiger partial charge in [-0.25, -0.2) is 4.90 Å². The summed E-state index contributed by atoms with van der Waals surface area (Å²) in [6.07, 6.45) is 0. The summed E-state index contributed by atoms with van der Waals surface area (Å²) in [4.78, 5) is 26.6. The maximum atomic E-state index is 12.9. The first-order chi connectivity index (χ1) is 11.8. The van der Waals surface area contributed by atoms with Gasteiger partial charge in [0.25, 0.3) is 11.8 Å². The Labute approximate surface area is 152 Å². The van der Waals surface area contributed by atoms with Crippen LogP contribution in [0.2, 0.25) is 0 Å². The molecule has 0 radical (unpaired) electrons. The van der Waals surface area contributed by atoms with Gasteiger partial charge < -0.3 is 5.32 Å². The molecule has 2 aromatic carbocycles. The lowest BCUT2D eigenvalue weighted by molar-refractivity contribution is -0.120. The fourth-order valence-corrected chi connectivity index (χ4v) is 3.11. The van der Waals surface area contributed by atoms with E-state index in [1.54, 1.807) is 6.07 Å². The van der Waals surface area contributed by atoms with Crippen LogP contribution in [0.25, 0.3) is 0 Å². The Morgan fingerprint density at radius 1 is 0.920 bits per heavy atom. The molecule has 0 aliphatic carbocycles. The highest BCUT2D eigenvalue weighted by Gasteiger charge is 2.39. The maximum Gasteiger partial charge on any atom is 0.283 e. The van der Waals surface area contributed by atoms with Crippen molar-refractivity contribution in [2.24, 2.45) is 0 Å². The van der Waals surface area contributed by atoms with Gasteiger partial charge in [-0.2, -0.15) is 0 Å². The third-order valence-corrected chi connectivity index (χ3v) is 4.84. The molecule has 1 N–H and O–H groups in total. The Kier molecular flexibility index (Phi) is 4.39. The molecule has 0 fully saturated rings. The molecule has 1 aliphatic heterocycles. The molecule has 1 aliphatic rings. The number of anilines is 2. The maximum absolute atomic E-state index is 12.9. The molecule has 3 rings (SSSR count). The van der Waals surface area contributed by atoms with Crippen molar-refractivity contribution >= 4 is 34.8 Å². The first-order valence-electron chi connectivity index (χ1n) is 8.00. The molecule has 0 atom stereocenters. The minimum atomic E-state index is -0.507. The molecule has 0 spiro atoms. The molecule has 0 unspecified atom stereocenters. The molecular formula is C20H19ClN2O2. The number of aryl methyl sites for hydroxylation is 3. The number of nitrogens with one attached hydrogen (secondary N) is 1. The standard InChI is InChI=1S/C20H19ClN2O2/c1-11-8-9-15(13(3)10-11)22-18-17(21)19(24)23(20(18)25)16-7-5-6-12(2)14(16)4/h5-10,22H,1-4H3. The monoisotopic (exact) mass is 354 g/mol. The summed E-state index contributed by atoms with van der Waals surface area (Å²) in [6, 6.07) is 11.3. The average Bonchev–Trinajstić information content (AvgIpc) is 2.76. The van der Waals surface area contributed by atoms with E-state index in [-0.39, 0.29) is 10.7 Å². The topological polar surface area (TPSA) is 49.4 Å². The molecule has 4 nitrogen and oxygen atoms in total. The highest BCUT2D eigenvalue weighted by Crippen LogP contribution is 2.33. The number of rotatable bonds is 3. The lowest BCUT2D eigenvalue weighted by atomic mass is 10.1. The van der Waals surface area contributed by atoms with E-state index in [4.69, 9.17) is 11.6 Å². The van der Waals surface area contributed by atoms with Crippen molar-refractivity contribution in [1.29, 1.82) is 0 Å². The smallest absolute Gasteiger partial charge is 0.283 e. The number of hydrogen-bond acceptors (Lipinski definition) is 3. The second-order valence-electron chi connectivity index (χ2n) is 6.30. The van der Waals surface area contributed by atoms with Crippen LogP contribution in [0.15, 0.2) is 47.1 Å². The molecule has 2 amide bonds. The molecule has 2 aromatic rings. The quantitative estimate of drug-likeness (QED) is 0.833. The Balaban J connectivity index is 1.98. The van der Waals surface area contributed by atoms with Crippen LogP contribution in [-0.4, -0.2) is 11.8 Å². The van der Waals surface area contributed by atoms with Gasteiger partial charge in [-0.1, -0.05) is 41.4 Å². The van der Waals surface area contributed by atoms with Gasteiger partial charge in [0.2, 0.25) is 0 Å². The number of carbonyl (C=O) groups is 2. The van der Waals surface area contributed by atoms with E-state index in [9.17, 15) is 9.59 Å². The molecular weight excluding hydrogens is 336 g/mol. The number of imide groups is 1. The molecule has 0 saturated carbocycles. The zero-order valence-electron chi connectivity index (χ0n) is 14.6. The van der Waals surface area contributed by atoms with E-state index in [0.29, 0.717) is 5.69 Å². The van der Waals surface area contributed by atoms with E-state index < -0.39 is 11.8 Å². The lowest BCUT2D eigenvalue weighted by Gasteiger charge is -2.19. The van der Waals surface area contributed by atoms with Crippen LogP contribution in [0.5, 0.6) is 0 Å². The van der Waals surface area contributed by atoms with E-state index in [1.165, 1.54) is 0 Å². The van der Waals surface area contributed by atoms with Crippen LogP contribution < -0.4 is 10.2 Å². The Morgan fingerprint density at radius 3 is 2.32 bits per heavy atom. The normalized spacial score (nSPS) is 14.5. The second-order valence-corrected chi connectivity index (χ2v) is 6.68. The summed E-state index contributed by atoms with van der Waals surface area (Å²) in [5.41, 5.74) is 5.40. The van der Waals surface area contributed by atoms with Crippen LogP contribution in [0.1, 0.15) is 22.3 Å². The number of hydrogen-bond donors (Lipinski definition) is 1. The zero-order valence-corrected chi connectivity index (χ0v) is 15.4. The number of nitrogens with zero attached hydrogens (tertiary/aromatic N) is 1. The number of amides is 2. The van der Waals surface area contributed by atoms with Crippen molar-refractivity contribution in [3.63, 3.8) is 0 Å². The Morgan fingerprint density at radius 2 is 1.64 bits per heavy atom. The molecule has 5 heteroatoms. The minimum absolute atomic E-state index is 0.0918. The molecule has 0 saturated heterocycles. The molecule has 25 heavy (non-hydrogen) atoms. The van der Waals surface area contributed by atoms with Crippen molar-refractivity contribution in [3.8, 4) is 0 Å². The zero-order chi connectivity index (χ0) is 18.3. The SMILES string of the molecule is Cc1ccc(NC2=C(Cl)C(=O)N(c3cccc(C)c3C)C2=O)c(C)c1. The molecule has 0 aromatic heterocycles. The fourth-order valence-electron chi connectivity index (χ4n) is 2.90. The van der Waals surface area contributed by atoms with E-state index >= 15 is 0 Å². The summed E-state index contributed by atoms with van der Waals surface area (Å²) in [7, 11) is 0. The van der Waals surface area contributed by atoms with E-state index in [1.807, 2.05) is 58.0 Å². The minimum Gasteiger partial charge on any atom is -0.349 e. The summed E-state index contributed by atoms with van der Waals surface area (Å²) in [5.74, 6) is -0.948. The summed E-state index contributed by atoms with van der Waals surface area (Å²) in [5, 5.41) is 2.94. The van der Waals surface area contributed by atoms with Gasteiger partial charge in [-0.15, -0.1) is 0 Å². The van der Waals surface area contributed by atoms with Gasteiger partial charge in [0.05, 0.1) is 5.69 Å². The van der Waals surface area contributed by atoms with Crippen molar-refractivity contribution < 1.29 is 9.59 Å². The van der Waals surface area contributed by atoms with Crippen molar-refractivity contribution in [1.82, 2.24) is 0 Å². The second kappa shape index (κ2) is 6.37. The van der Waals surface area contributed by atoms with Crippen LogP contribution in [0, 0.1) is 27.7 Å². The van der Waals surface area contributed by atoms with Gasteiger partial charge in [0.1, 0.15) is 10.7 Å². The molecule has 128 valence electrons. The molecule has 1 heterocycles. The third kappa shape index (κ3) is 2.94. The lowest BCUT2D eigenvalue weighted by Crippen LogP contribution is -2.33. The van der Waals surface area contributed by atoms with Crippen LogP contribution in [0.4, 0.5) is 11.4 Å². The Hall–Kier alpha value is -2.59. The third-order valence-electron chi connectivity index (χ3n) is 4.49. The summed E-state index contributed by atoms with van der Waals surface area (Å²) >= 11 is 6.20. The highest BCUT2D eigenvalue weighted by molar-refractivity contribution is 6.53. The van der Waals surface area contributed by atoms with Crippen LogP contribution in [0.3, 0.4) is 0 Å². The highest BCUT2D eigenvalue weighted by atomic mass is 35.5. The number of carbonyl (C=O) groups excluding carboxylic acids is 2. The van der Waals surface area contributed by atoms with Gasteiger partial charge >= 0.3 is 0 Å². The van der Waals surface area contributed by atoms with Gasteiger partial charge in [-0.05, 0) is 56.5 Å². The van der Waals surface area contributed by atoms with Crippen molar-refractivity contribution in [3.05, 3.63) is 69.4 Å².